The second kappa shape index (κ2) is 5.16. The molecule has 2 N–H and O–H groups in total. The minimum atomic E-state index is -0.422. The molecule has 0 saturated carbocycles. The fraction of sp³-hybridized carbons (Fsp3) is 0.250. The Morgan fingerprint density at radius 1 is 1.38 bits per heavy atom. The number of halogens is 1. The van der Waals surface area contributed by atoms with Crippen molar-refractivity contribution in [2.75, 3.05) is 5.32 Å². The predicted octanol–water partition coefficient (Wildman–Crippen LogP) is 3.17. The fourth-order valence-electron chi connectivity index (χ4n) is 2.73. The number of carbonyl (C=O) groups excluding carboxylic acids is 2. The second-order valence-electron chi connectivity index (χ2n) is 5.46. The fourth-order valence-corrected chi connectivity index (χ4v) is 2.73. The summed E-state index contributed by atoms with van der Waals surface area (Å²) in [5.41, 5.74) is 1.97. The molecule has 2 aromatic rings. The van der Waals surface area contributed by atoms with E-state index in [9.17, 15) is 14.0 Å². The first-order valence-electron chi connectivity index (χ1n) is 6.85. The third-order valence-corrected chi connectivity index (χ3v) is 3.65. The summed E-state index contributed by atoms with van der Waals surface area (Å²) in [5.74, 6) is -0.563. The zero-order chi connectivity index (χ0) is 15.0. The van der Waals surface area contributed by atoms with Crippen molar-refractivity contribution < 1.29 is 14.0 Å². The van der Waals surface area contributed by atoms with Crippen molar-refractivity contribution in [3.63, 3.8) is 0 Å². The average Bonchev–Trinajstić information content (AvgIpc) is 2.82. The minimum Gasteiger partial charge on any atom is -0.364 e. The maximum atomic E-state index is 13.1. The summed E-state index contributed by atoms with van der Waals surface area (Å²) >= 11 is 0. The minimum absolute atomic E-state index is 0.0191. The van der Waals surface area contributed by atoms with Crippen molar-refractivity contribution >= 4 is 17.4 Å². The Labute approximate surface area is 121 Å². The van der Waals surface area contributed by atoms with Gasteiger partial charge in [-0.15, -0.1) is 0 Å². The van der Waals surface area contributed by atoms with Crippen molar-refractivity contribution in [3.05, 3.63) is 53.1 Å². The van der Waals surface area contributed by atoms with E-state index in [0.717, 1.165) is 12.1 Å². The van der Waals surface area contributed by atoms with Crippen LogP contribution in [-0.2, 0) is 6.42 Å². The number of Topliss-reactive ketones (excluding diaryl/α,β-unsaturated/α-hetero) is 1. The Morgan fingerprint density at radius 2 is 2.19 bits per heavy atom. The van der Waals surface area contributed by atoms with Crippen LogP contribution in [0.1, 0.15) is 39.8 Å². The Hall–Kier alpha value is -2.43. The molecule has 1 aliphatic rings. The zero-order valence-electron chi connectivity index (χ0n) is 11.6. The van der Waals surface area contributed by atoms with Gasteiger partial charge in [0.2, 0.25) is 0 Å². The number of anilines is 1. The number of aromatic nitrogens is 1. The van der Waals surface area contributed by atoms with Gasteiger partial charge in [-0.3, -0.25) is 9.59 Å². The van der Waals surface area contributed by atoms with E-state index in [0.29, 0.717) is 23.2 Å². The molecular formula is C16H15FN2O2. The van der Waals surface area contributed by atoms with Gasteiger partial charge in [0.1, 0.15) is 5.82 Å². The smallest absolute Gasteiger partial charge is 0.257 e. The summed E-state index contributed by atoms with van der Waals surface area (Å²) in [7, 11) is 0. The number of benzene rings is 1. The predicted molar refractivity (Wildman–Crippen MR) is 77.0 cm³/mol. The molecule has 0 spiro atoms. The highest BCUT2D eigenvalue weighted by molar-refractivity contribution is 6.13. The largest absolute Gasteiger partial charge is 0.364 e. The highest BCUT2D eigenvalue weighted by atomic mass is 19.1. The van der Waals surface area contributed by atoms with Crippen LogP contribution in [0.2, 0.25) is 0 Å². The molecule has 1 unspecified atom stereocenters. The lowest BCUT2D eigenvalue weighted by molar-refractivity contribution is 0.0940. The number of nitrogens with one attached hydrogen (secondary N) is 2. The summed E-state index contributed by atoms with van der Waals surface area (Å²) in [4.78, 5) is 27.4. The van der Waals surface area contributed by atoms with Crippen LogP contribution in [-0.4, -0.2) is 16.7 Å². The molecule has 3 rings (SSSR count). The standard InChI is InChI=1S/C16H15FN2O2/c1-9-5-13-15(14(20)6-9)12(8-18-13)16(21)19-11-4-2-3-10(17)7-11/h2-4,7-9,18H,5-6H2,1H3,(H,19,21). The molecule has 1 aromatic heterocycles. The van der Waals surface area contributed by atoms with E-state index >= 15 is 0 Å². The lowest BCUT2D eigenvalue weighted by Crippen LogP contribution is -2.21. The summed E-state index contributed by atoms with van der Waals surface area (Å²) in [6.45, 7) is 2.01. The quantitative estimate of drug-likeness (QED) is 0.890. The average molecular weight is 286 g/mol. The Bertz CT molecular complexity index is 721. The van der Waals surface area contributed by atoms with Crippen LogP contribution < -0.4 is 5.32 Å². The molecule has 1 atom stereocenters. The highest BCUT2D eigenvalue weighted by Gasteiger charge is 2.29. The molecule has 0 saturated heterocycles. The van der Waals surface area contributed by atoms with Gasteiger partial charge in [0, 0.05) is 24.0 Å². The topological polar surface area (TPSA) is 62.0 Å². The molecule has 1 amide bonds. The lowest BCUT2D eigenvalue weighted by atomic mass is 9.86. The Morgan fingerprint density at radius 3 is 2.95 bits per heavy atom. The van der Waals surface area contributed by atoms with E-state index in [2.05, 4.69) is 10.3 Å². The maximum Gasteiger partial charge on any atom is 0.257 e. The molecule has 0 aliphatic heterocycles. The van der Waals surface area contributed by atoms with Gasteiger partial charge in [-0.1, -0.05) is 13.0 Å². The Kier molecular flexibility index (Phi) is 3.33. The third kappa shape index (κ3) is 2.59. The summed E-state index contributed by atoms with van der Waals surface area (Å²) in [5, 5.41) is 2.62. The van der Waals surface area contributed by atoms with Crippen LogP contribution in [0, 0.1) is 11.7 Å². The van der Waals surface area contributed by atoms with Gasteiger partial charge in [-0.25, -0.2) is 4.39 Å². The summed E-state index contributed by atoms with van der Waals surface area (Å²) in [6, 6.07) is 5.66. The van der Waals surface area contributed by atoms with Gasteiger partial charge in [0.15, 0.2) is 5.78 Å². The number of ketones is 1. The molecule has 1 heterocycles. The van der Waals surface area contributed by atoms with Crippen LogP contribution in [0.5, 0.6) is 0 Å². The monoisotopic (exact) mass is 286 g/mol. The van der Waals surface area contributed by atoms with E-state index in [1.54, 1.807) is 12.3 Å². The molecule has 21 heavy (non-hydrogen) atoms. The highest BCUT2D eigenvalue weighted by Crippen LogP contribution is 2.27. The SMILES string of the molecule is CC1CC(=O)c2c(C(=O)Nc3cccc(F)c3)c[nH]c2C1. The lowest BCUT2D eigenvalue weighted by Gasteiger charge is -2.17. The van der Waals surface area contributed by atoms with Gasteiger partial charge >= 0.3 is 0 Å². The van der Waals surface area contributed by atoms with Crippen LogP contribution in [0.25, 0.3) is 0 Å². The third-order valence-electron chi connectivity index (χ3n) is 3.65. The van der Waals surface area contributed by atoms with E-state index in [-0.39, 0.29) is 11.7 Å². The summed E-state index contributed by atoms with van der Waals surface area (Å²) in [6.07, 6.45) is 2.76. The number of hydrogen-bond acceptors (Lipinski definition) is 2. The van der Waals surface area contributed by atoms with Crippen molar-refractivity contribution in [2.45, 2.75) is 19.8 Å². The number of hydrogen-bond donors (Lipinski definition) is 2. The molecule has 0 bridgehead atoms. The van der Waals surface area contributed by atoms with E-state index in [1.165, 1.54) is 18.2 Å². The number of rotatable bonds is 2. The van der Waals surface area contributed by atoms with Crippen molar-refractivity contribution in [2.24, 2.45) is 5.92 Å². The number of fused-ring (bicyclic) bond motifs is 1. The van der Waals surface area contributed by atoms with Gasteiger partial charge in [-0.05, 0) is 30.5 Å². The van der Waals surface area contributed by atoms with Gasteiger partial charge in [0.25, 0.3) is 5.91 Å². The molecule has 0 radical (unpaired) electrons. The first-order chi connectivity index (χ1) is 10.0. The first kappa shape index (κ1) is 13.5. The number of aromatic amines is 1. The second-order valence-corrected chi connectivity index (χ2v) is 5.46. The molecule has 4 nitrogen and oxygen atoms in total. The normalized spacial score (nSPS) is 17.4. The molecule has 108 valence electrons. The van der Waals surface area contributed by atoms with Crippen LogP contribution >= 0.6 is 0 Å². The molecule has 1 aromatic carbocycles. The van der Waals surface area contributed by atoms with Gasteiger partial charge in [0.05, 0.1) is 11.1 Å². The van der Waals surface area contributed by atoms with E-state index < -0.39 is 11.7 Å². The van der Waals surface area contributed by atoms with Crippen molar-refractivity contribution in [1.29, 1.82) is 0 Å². The number of H-pyrrole nitrogens is 1. The van der Waals surface area contributed by atoms with E-state index in [1.807, 2.05) is 6.92 Å². The number of carbonyl (C=O) groups is 2. The maximum absolute atomic E-state index is 13.1. The molecule has 1 aliphatic carbocycles. The van der Waals surface area contributed by atoms with Crippen molar-refractivity contribution in [1.82, 2.24) is 4.98 Å². The van der Waals surface area contributed by atoms with Gasteiger partial charge in [-0.2, -0.15) is 0 Å². The van der Waals surface area contributed by atoms with Crippen molar-refractivity contribution in [3.8, 4) is 0 Å². The van der Waals surface area contributed by atoms with Crippen LogP contribution in [0.15, 0.2) is 30.5 Å². The summed E-state index contributed by atoms with van der Waals surface area (Å²) < 4.78 is 13.1. The van der Waals surface area contributed by atoms with Crippen LogP contribution in [0.4, 0.5) is 10.1 Å². The molecule has 5 heteroatoms. The number of amides is 1. The van der Waals surface area contributed by atoms with Crippen LogP contribution in [0.3, 0.4) is 0 Å². The zero-order valence-corrected chi connectivity index (χ0v) is 11.6. The molecular weight excluding hydrogens is 271 g/mol. The molecule has 0 fully saturated rings. The first-order valence-corrected chi connectivity index (χ1v) is 6.85. The van der Waals surface area contributed by atoms with E-state index in [4.69, 9.17) is 0 Å². The van der Waals surface area contributed by atoms with Gasteiger partial charge < -0.3 is 10.3 Å². The Balaban J connectivity index is 1.88.